The quantitative estimate of drug-likeness (QED) is 0.0804. The molecule has 1 saturated carbocycles. The van der Waals surface area contributed by atoms with Gasteiger partial charge in [-0.15, -0.1) is 0 Å². The van der Waals surface area contributed by atoms with Gasteiger partial charge in [0.25, 0.3) is 0 Å². The Balaban J connectivity index is 0.00000336. The molecule has 8 aromatic rings. The first-order valence-electron chi connectivity index (χ1n) is 26.4. The number of nitrogens with zero attached hydrogens (tertiary/aromatic N) is 4. The van der Waals surface area contributed by atoms with Gasteiger partial charge in [0.15, 0.2) is 38.0 Å². The lowest BCUT2D eigenvalue weighted by Gasteiger charge is -2.30. The van der Waals surface area contributed by atoms with Gasteiger partial charge in [-0.1, -0.05) is 133 Å². The van der Waals surface area contributed by atoms with Crippen LogP contribution in [0.3, 0.4) is 0 Å². The number of benzene rings is 8. The SMILES string of the molecule is C.C.Cc1cc2c(c(COCP(c3ccccc3)(c3ccccc3)=[N+](C)c3ccccc3)c1)OC13Oc4c(cc(C)cc4COCP(c4ccccc4)(c4ccccc4)=[N+](C)c4ccccc4)C=[N+]1C1CCCCC1[N+]3=C2. The molecule has 1 spiro atoms. The summed E-state index contributed by atoms with van der Waals surface area (Å²) in [5, 5.41) is 5.03. The average molecular weight is 1060 g/mol. The summed E-state index contributed by atoms with van der Waals surface area (Å²) < 4.78 is 39.4. The summed E-state index contributed by atoms with van der Waals surface area (Å²) >= 11 is 0. The normalized spacial score (nSPS) is 17.9. The van der Waals surface area contributed by atoms with E-state index in [4.69, 9.17) is 18.9 Å². The van der Waals surface area contributed by atoms with Crippen molar-refractivity contribution in [3.63, 3.8) is 0 Å². The lowest BCUT2D eigenvalue weighted by Crippen LogP contribution is -2.60. The largest absolute Gasteiger partial charge is 0.704 e. The van der Waals surface area contributed by atoms with E-state index >= 15 is 0 Å². The van der Waals surface area contributed by atoms with Crippen LogP contribution in [-0.2, 0) is 22.7 Å². The number of hydrogen-bond acceptors (Lipinski definition) is 4. The van der Waals surface area contributed by atoms with Gasteiger partial charge < -0.3 is 18.9 Å². The molecule has 10 heteroatoms. The maximum Gasteiger partial charge on any atom is 0.704 e. The fraction of sp³-hybridized carbons (Fsp3) is 0.254. The van der Waals surface area contributed by atoms with Crippen molar-refractivity contribution in [3.8, 4) is 11.5 Å². The Hall–Kier alpha value is -6.92. The first kappa shape index (κ1) is 53.5. The number of hydrogen-bond donors (Lipinski definition) is 0. The first-order chi connectivity index (χ1) is 36.8. The van der Waals surface area contributed by atoms with E-state index in [-0.39, 0.29) is 26.9 Å². The predicted molar refractivity (Wildman–Crippen MR) is 319 cm³/mol. The fourth-order valence-electron chi connectivity index (χ4n) is 12.3. The number of ether oxygens (including phenoxy) is 4. The highest BCUT2D eigenvalue weighted by Gasteiger charge is 2.76. The third-order valence-corrected chi connectivity index (χ3v) is 24.1. The minimum absolute atomic E-state index is 0. The highest BCUT2D eigenvalue weighted by molar-refractivity contribution is 7.79. The molecular weight excluding hydrogens is 987 g/mol. The summed E-state index contributed by atoms with van der Waals surface area (Å²) in [5.74, 6) is 1.59. The second-order valence-electron chi connectivity index (χ2n) is 20.5. The molecule has 3 aliphatic heterocycles. The van der Waals surface area contributed by atoms with Crippen molar-refractivity contribution in [2.75, 3.05) is 26.8 Å². The van der Waals surface area contributed by atoms with Crippen LogP contribution in [0.1, 0.15) is 73.9 Å². The third kappa shape index (κ3) is 9.59. The summed E-state index contributed by atoms with van der Waals surface area (Å²) in [6, 6.07) is 73.3. The van der Waals surface area contributed by atoms with Crippen molar-refractivity contribution in [2.24, 2.45) is 0 Å². The monoisotopic (exact) mass is 1060 g/mol. The van der Waals surface area contributed by atoms with E-state index in [0.717, 1.165) is 81.9 Å². The van der Waals surface area contributed by atoms with Crippen LogP contribution in [-0.4, -0.2) is 75.1 Å². The van der Waals surface area contributed by atoms with E-state index in [1.807, 2.05) is 0 Å². The molecule has 2 unspecified atom stereocenters. The van der Waals surface area contributed by atoms with E-state index in [9.17, 15) is 0 Å². The highest BCUT2D eigenvalue weighted by atomic mass is 31.2. The standard InChI is InChI=1S/C65H66N4O4P2.2CH4/c1-49-39-51-43-68-61-37-23-24-38-62(61)69-44-52-40-50(2)42-54(46-71-48-75(59-33-19-9-20-34-59,60-35-21-10-22-36-60)67(4)56-27-13-6-14-28-56)64(52)73-65(68,69)72-63(51)53(41-49)45-70-47-74(57-29-15-7-16-30-57,58-31-17-8-18-32-58)66(3)55-25-11-5-12-26-55;;/h5-22,25-36,39-44,61-62H,23-24,37-38,45-48H2,1-4H3;2*1H4/q+4;;. The zero-order chi connectivity index (χ0) is 51.0. The molecule has 0 bridgehead atoms. The molecule has 12 rings (SSSR count). The van der Waals surface area contributed by atoms with Gasteiger partial charge in [-0.2, -0.15) is 0 Å². The van der Waals surface area contributed by atoms with Gasteiger partial charge in [-0.25, -0.2) is 8.66 Å². The molecule has 4 aliphatic rings. The van der Waals surface area contributed by atoms with Gasteiger partial charge in [-0.05, 0) is 111 Å². The molecule has 0 N–H and O–H groups in total. The Morgan fingerprint density at radius 2 is 0.779 bits per heavy atom. The average Bonchev–Trinajstić information content (AvgIpc) is 3.75. The summed E-state index contributed by atoms with van der Waals surface area (Å²) in [5.41, 5.74) is 8.70. The summed E-state index contributed by atoms with van der Waals surface area (Å²) in [6.07, 6.45) is 10.1. The van der Waals surface area contributed by atoms with Gasteiger partial charge >= 0.3 is 6.03 Å². The molecule has 0 amide bonds. The van der Waals surface area contributed by atoms with Crippen LogP contribution in [0.4, 0.5) is 11.4 Å². The van der Waals surface area contributed by atoms with Crippen LogP contribution in [0.2, 0.25) is 0 Å². The van der Waals surface area contributed by atoms with Crippen molar-refractivity contribution in [1.29, 1.82) is 0 Å². The van der Waals surface area contributed by atoms with Crippen LogP contribution < -0.4 is 30.7 Å². The lowest BCUT2D eigenvalue weighted by molar-refractivity contribution is -0.866. The Bertz CT molecular complexity index is 3250. The smallest absolute Gasteiger partial charge is 0.366 e. The van der Waals surface area contributed by atoms with Gasteiger partial charge in [-0.3, -0.25) is 0 Å². The first-order valence-corrected chi connectivity index (χ1v) is 30.3. The van der Waals surface area contributed by atoms with Crippen LogP contribution in [0, 0.1) is 13.8 Å². The molecule has 392 valence electrons. The van der Waals surface area contributed by atoms with Crippen LogP contribution in [0.15, 0.2) is 206 Å². The number of fused-ring (bicyclic) bond motifs is 5. The lowest BCUT2D eigenvalue weighted by atomic mass is 9.91. The van der Waals surface area contributed by atoms with Crippen molar-refractivity contribution < 1.29 is 36.8 Å². The van der Waals surface area contributed by atoms with Crippen molar-refractivity contribution in [3.05, 3.63) is 240 Å². The minimum Gasteiger partial charge on any atom is -0.366 e. The predicted octanol–water partition coefficient (Wildman–Crippen LogP) is 13.5. The summed E-state index contributed by atoms with van der Waals surface area (Å²) in [7, 11) is -0.289. The number of rotatable bonds is 14. The van der Waals surface area contributed by atoms with Crippen LogP contribution in [0.5, 0.6) is 11.5 Å². The number of para-hydroxylation sites is 2. The Labute approximate surface area is 457 Å². The molecule has 1 aliphatic carbocycles. The minimum atomic E-state index is -2.37. The van der Waals surface area contributed by atoms with E-state index in [1.165, 1.54) is 21.2 Å². The zero-order valence-electron chi connectivity index (χ0n) is 43.4. The molecule has 0 aromatic heterocycles. The van der Waals surface area contributed by atoms with E-state index in [2.05, 4.69) is 264 Å². The van der Waals surface area contributed by atoms with Gasteiger partial charge in [0.05, 0.1) is 24.3 Å². The maximum absolute atomic E-state index is 7.63. The molecule has 0 radical (unpaired) electrons. The molecule has 3 heterocycles. The molecule has 2 atom stereocenters. The van der Waals surface area contributed by atoms with E-state index in [0.29, 0.717) is 25.9 Å². The maximum atomic E-state index is 7.63. The fourth-order valence-corrected chi connectivity index (χ4v) is 19.6. The van der Waals surface area contributed by atoms with Gasteiger partial charge in [0.2, 0.25) is 23.5 Å². The molecule has 8 nitrogen and oxygen atoms in total. The highest BCUT2D eigenvalue weighted by Crippen LogP contribution is 2.52. The van der Waals surface area contributed by atoms with E-state index < -0.39 is 20.1 Å². The van der Waals surface area contributed by atoms with Crippen LogP contribution in [0.25, 0.3) is 0 Å². The summed E-state index contributed by atoms with van der Waals surface area (Å²) in [4.78, 5) is 0. The third-order valence-electron chi connectivity index (χ3n) is 15.9. The molecule has 8 aromatic carbocycles. The van der Waals surface area contributed by atoms with E-state index in [1.54, 1.807) is 0 Å². The Kier molecular flexibility index (Phi) is 15.7. The van der Waals surface area contributed by atoms with Crippen molar-refractivity contribution in [2.45, 2.75) is 85.7 Å². The topological polar surface area (TPSA) is 49.0 Å². The van der Waals surface area contributed by atoms with Crippen molar-refractivity contribution in [1.82, 2.24) is 0 Å². The molecule has 2 fully saturated rings. The Morgan fingerprint density at radius 3 is 1.10 bits per heavy atom. The van der Waals surface area contributed by atoms with Crippen LogP contribution >= 0.6 is 14.1 Å². The van der Waals surface area contributed by atoms with Gasteiger partial charge in [0.1, 0.15) is 26.8 Å². The molecular formula is C67H74N4O4P2+4. The molecule has 1 saturated heterocycles. The number of aryl methyl sites for hydroxylation is 2. The zero-order valence-corrected chi connectivity index (χ0v) is 45.2. The molecule has 77 heavy (non-hydrogen) atoms. The second kappa shape index (κ2) is 22.6. The second-order valence-corrected chi connectivity index (χ2v) is 27.3. The van der Waals surface area contributed by atoms with Gasteiger partial charge in [0, 0.05) is 69.5 Å². The van der Waals surface area contributed by atoms with Crippen molar-refractivity contribution >= 4 is 59.1 Å². The Morgan fingerprint density at radius 1 is 0.468 bits per heavy atom. The summed E-state index contributed by atoms with van der Waals surface area (Å²) in [6.45, 7) is 5.06.